The predicted molar refractivity (Wildman–Crippen MR) is 119 cm³/mol. The number of nitrogens with zero attached hydrogens (tertiary/aromatic N) is 3. The van der Waals surface area contributed by atoms with Gasteiger partial charge in [0.1, 0.15) is 0 Å². The molecular formula is C21H24N4O4S. The Hall–Kier alpha value is -3.20. The molecule has 3 rings (SSSR count). The summed E-state index contributed by atoms with van der Waals surface area (Å²) in [6.07, 6.45) is 2.55. The van der Waals surface area contributed by atoms with Gasteiger partial charge in [-0.1, -0.05) is 12.1 Å². The molecule has 158 valence electrons. The minimum absolute atomic E-state index is 0.0810. The van der Waals surface area contributed by atoms with Crippen molar-refractivity contribution in [1.29, 1.82) is 0 Å². The predicted octanol–water partition coefficient (Wildman–Crippen LogP) is 2.65. The quantitative estimate of drug-likeness (QED) is 0.606. The smallest absolute Gasteiger partial charge is 0.263 e. The highest BCUT2D eigenvalue weighted by Crippen LogP contribution is 2.29. The summed E-state index contributed by atoms with van der Waals surface area (Å²) in [6, 6.07) is 9.46. The van der Waals surface area contributed by atoms with E-state index >= 15 is 0 Å². The Balaban J connectivity index is 2.22. The number of rotatable bonds is 6. The van der Waals surface area contributed by atoms with Gasteiger partial charge in [-0.05, 0) is 38.1 Å². The standard InChI is InChI=1S/C21H24N4O4S/c1-13(2)25-12-22-17-10-9-16(19(24(3)4)18(17)21(25)27)20(26)14-7-6-8-15(11-14)23-30(5,28)29/h6-13,23H,1-5H3. The first-order valence-corrected chi connectivity index (χ1v) is 11.2. The van der Waals surface area contributed by atoms with Gasteiger partial charge < -0.3 is 4.90 Å². The number of nitrogens with one attached hydrogen (secondary N) is 1. The van der Waals surface area contributed by atoms with Crippen molar-refractivity contribution in [2.75, 3.05) is 30.0 Å². The number of hydrogen-bond acceptors (Lipinski definition) is 6. The molecule has 0 aliphatic carbocycles. The zero-order valence-corrected chi connectivity index (χ0v) is 18.3. The highest BCUT2D eigenvalue weighted by atomic mass is 32.2. The van der Waals surface area contributed by atoms with Gasteiger partial charge >= 0.3 is 0 Å². The van der Waals surface area contributed by atoms with E-state index in [2.05, 4.69) is 9.71 Å². The molecule has 0 aliphatic rings. The molecule has 1 N–H and O–H groups in total. The highest BCUT2D eigenvalue weighted by Gasteiger charge is 2.21. The van der Waals surface area contributed by atoms with Crippen LogP contribution in [0.15, 0.2) is 47.5 Å². The zero-order chi connectivity index (χ0) is 22.2. The topological polar surface area (TPSA) is 101 Å². The van der Waals surface area contributed by atoms with Gasteiger partial charge in [0.15, 0.2) is 5.78 Å². The summed E-state index contributed by atoms with van der Waals surface area (Å²) in [5, 5.41) is 0.368. The largest absolute Gasteiger partial charge is 0.376 e. The molecule has 0 radical (unpaired) electrons. The Morgan fingerprint density at radius 2 is 1.87 bits per heavy atom. The van der Waals surface area contributed by atoms with Crippen molar-refractivity contribution in [2.45, 2.75) is 19.9 Å². The van der Waals surface area contributed by atoms with E-state index in [0.29, 0.717) is 33.4 Å². The molecule has 0 bridgehead atoms. The van der Waals surface area contributed by atoms with Crippen molar-refractivity contribution >= 4 is 38.1 Å². The molecule has 0 saturated carbocycles. The van der Waals surface area contributed by atoms with E-state index in [4.69, 9.17) is 0 Å². The number of carbonyl (C=O) groups is 1. The molecule has 0 atom stereocenters. The third kappa shape index (κ3) is 4.20. The monoisotopic (exact) mass is 428 g/mol. The first kappa shape index (κ1) is 21.5. The van der Waals surface area contributed by atoms with Crippen LogP contribution in [0.3, 0.4) is 0 Å². The maximum Gasteiger partial charge on any atom is 0.263 e. The lowest BCUT2D eigenvalue weighted by Gasteiger charge is -2.20. The number of carbonyl (C=O) groups excluding carboxylic acids is 1. The Bertz CT molecular complexity index is 1290. The molecule has 1 aromatic heterocycles. The number of hydrogen-bond donors (Lipinski definition) is 1. The fraction of sp³-hybridized carbons (Fsp3) is 0.286. The van der Waals surface area contributed by atoms with Crippen molar-refractivity contribution in [3.63, 3.8) is 0 Å². The molecule has 3 aromatic rings. The van der Waals surface area contributed by atoms with Crippen LogP contribution in [0.25, 0.3) is 10.9 Å². The van der Waals surface area contributed by atoms with E-state index < -0.39 is 10.0 Å². The summed E-state index contributed by atoms with van der Waals surface area (Å²) in [7, 11) is 0.0513. The van der Waals surface area contributed by atoms with Crippen molar-refractivity contribution in [2.24, 2.45) is 0 Å². The summed E-state index contributed by atoms with van der Waals surface area (Å²) in [5.41, 5.74) is 1.69. The minimum atomic E-state index is -3.48. The van der Waals surface area contributed by atoms with Crippen LogP contribution in [0, 0.1) is 0 Å². The number of fused-ring (bicyclic) bond motifs is 1. The summed E-state index contributed by atoms with van der Waals surface area (Å²) < 4.78 is 26.9. The maximum atomic E-state index is 13.3. The van der Waals surface area contributed by atoms with Crippen LogP contribution >= 0.6 is 0 Å². The fourth-order valence-electron chi connectivity index (χ4n) is 3.31. The van der Waals surface area contributed by atoms with Crippen molar-refractivity contribution in [1.82, 2.24) is 9.55 Å². The third-order valence-corrected chi connectivity index (χ3v) is 5.21. The van der Waals surface area contributed by atoms with Crippen LogP contribution in [-0.4, -0.2) is 44.1 Å². The van der Waals surface area contributed by atoms with Gasteiger partial charge in [-0.25, -0.2) is 13.4 Å². The third-order valence-electron chi connectivity index (χ3n) is 4.60. The number of anilines is 2. The van der Waals surface area contributed by atoms with Crippen LogP contribution in [0.2, 0.25) is 0 Å². The number of ketones is 1. The van der Waals surface area contributed by atoms with Crippen LogP contribution in [-0.2, 0) is 10.0 Å². The average Bonchev–Trinajstić information content (AvgIpc) is 2.65. The van der Waals surface area contributed by atoms with Crippen LogP contribution in [0.4, 0.5) is 11.4 Å². The second kappa shape index (κ2) is 7.91. The maximum absolute atomic E-state index is 13.3. The number of sulfonamides is 1. The Labute approximate surface area is 175 Å². The van der Waals surface area contributed by atoms with Crippen molar-refractivity contribution in [3.05, 3.63) is 64.2 Å². The summed E-state index contributed by atoms with van der Waals surface area (Å²) in [6.45, 7) is 3.78. The van der Waals surface area contributed by atoms with Gasteiger partial charge in [-0.2, -0.15) is 0 Å². The van der Waals surface area contributed by atoms with Gasteiger partial charge in [-0.3, -0.25) is 18.9 Å². The molecule has 2 aromatic carbocycles. The molecule has 0 aliphatic heterocycles. The van der Waals surface area contributed by atoms with Gasteiger partial charge in [0.2, 0.25) is 10.0 Å². The molecule has 0 unspecified atom stereocenters. The summed E-state index contributed by atoms with van der Waals surface area (Å²) in [5.74, 6) is -0.322. The molecule has 0 amide bonds. The van der Waals surface area contributed by atoms with Gasteiger partial charge in [0.05, 0.1) is 29.2 Å². The van der Waals surface area contributed by atoms with E-state index in [1.165, 1.54) is 17.0 Å². The van der Waals surface area contributed by atoms with Gasteiger partial charge in [0.25, 0.3) is 5.56 Å². The minimum Gasteiger partial charge on any atom is -0.376 e. The average molecular weight is 429 g/mol. The van der Waals surface area contributed by atoms with E-state index in [0.717, 1.165) is 6.26 Å². The Morgan fingerprint density at radius 1 is 1.17 bits per heavy atom. The fourth-order valence-corrected chi connectivity index (χ4v) is 3.87. The highest BCUT2D eigenvalue weighted by molar-refractivity contribution is 7.92. The number of aromatic nitrogens is 2. The van der Waals surface area contributed by atoms with E-state index in [9.17, 15) is 18.0 Å². The zero-order valence-electron chi connectivity index (χ0n) is 17.5. The molecule has 0 spiro atoms. The van der Waals surface area contributed by atoms with E-state index in [1.54, 1.807) is 49.3 Å². The second-order valence-corrected chi connectivity index (χ2v) is 9.33. The molecule has 9 heteroatoms. The number of benzene rings is 2. The van der Waals surface area contributed by atoms with E-state index in [1.807, 2.05) is 13.8 Å². The summed E-state index contributed by atoms with van der Waals surface area (Å²) >= 11 is 0. The normalized spacial score (nSPS) is 11.7. The SMILES string of the molecule is CC(C)n1cnc2ccc(C(=O)c3cccc(NS(C)(=O)=O)c3)c(N(C)C)c2c1=O. The lowest BCUT2D eigenvalue weighted by Crippen LogP contribution is -2.25. The van der Waals surface area contributed by atoms with Crippen LogP contribution in [0.5, 0.6) is 0 Å². The lowest BCUT2D eigenvalue weighted by molar-refractivity contribution is 0.103. The molecule has 30 heavy (non-hydrogen) atoms. The lowest BCUT2D eigenvalue weighted by atomic mass is 9.98. The first-order chi connectivity index (χ1) is 14.0. The Morgan fingerprint density at radius 3 is 2.47 bits per heavy atom. The Kier molecular flexibility index (Phi) is 5.67. The summed E-state index contributed by atoms with van der Waals surface area (Å²) in [4.78, 5) is 32.6. The molecule has 0 saturated heterocycles. The van der Waals surface area contributed by atoms with Gasteiger partial charge in [-0.15, -0.1) is 0 Å². The van der Waals surface area contributed by atoms with Crippen molar-refractivity contribution < 1.29 is 13.2 Å². The molecule has 1 heterocycles. The van der Waals surface area contributed by atoms with Gasteiger partial charge in [0, 0.05) is 37.0 Å². The van der Waals surface area contributed by atoms with Crippen LogP contribution < -0.4 is 15.2 Å². The second-order valence-electron chi connectivity index (χ2n) is 7.59. The molecule has 0 fully saturated rings. The molecular weight excluding hydrogens is 404 g/mol. The molecule has 8 nitrogen and oxygen atoms in total. The van der Waals surface area contributed by atoms with E-state index in [-0.39, 0.29) is 17.4 Å². The van der Waals surface area contributed by atoms with Crippen molar-refractivity contribution in [3.8, 4) is 0 Å². The van der Waals surface area contributed by atoms with Crippen LogP contribution in [0.1, 0.15) is 35.8 Å². The first-order valence-electron chi connectivity index (χ1n) is 9.33.